The van der Waals surface area contributed by atoms with Gasteiger partial charge in [-0.15, -0.1) is 0 Å². The van der Waals surface area contributed by atoms with E-state index in [2.05, 4.69) is 53.3 Å². The maximum Gasteiger partial charge on any atom is 0.143 e. The summed E-state index contributed by atoms with van der Waals surface area (Å²) in [7, 11) is 0. The van der Waals surface area contributed by atoms with Crippen LogP contribution in [0.5, 0.6) is 0 Å². The summed E-state index contributed by atoms with van der Waals surface area (Å²) in [5, 5.41) is 9.74. The van der Waals surface area contributed by atoms with Gasteiger partial charge in [-0.3, -0.25) is 5.10 Å². The lowest BCUT2D eigenvalue weighted by Gasteiger charge is -2.06. The lowest BCUT2D eigenvalue weighted by molar-refractivity contribution is 0.826. The van der Waals surface area contributed by atoms with Crippen molar-refractivity contribution in [1.82, 2.24) is 25.1 Å². The van der Waals surface area contributed by atoms with E-state index in [4.69, 9.17) is 0 Å². The van der Waals surface area contributed by atoms with Gasteiger partial charge in [0, 0.05) is 12.5 Å². The van der Waals surface area contributed by atoms with Crippen molar-refractivity contribution in [1.29, 1.82) is 0 Å². The first-order valence-electron chi connectivity index (χ1n) is 5.39. The number of aromatic nitrogens is 5. The van der Waals surface area contributed by atoms with Gasteiger partial charge < -0.3 is 5.32 Å². The molecule has 2 N–H and O–H groups in total. The van der Waals surface area contributed by atoms with E-state index in [0.717, 1.165) is 34.9 Å². The summed E-state index contributed by atoms with van der Waals surface area (Å²) in [6.45, 7) is 2.67. The highest BCUT2D eigenvalue weighted by Gasteiger charge is 2.03. The summed E-state index contributed by atoms with van der Waals surface area (Å²) in [5.41, 5.74) is 0. The van der Waals surface area contributed by atoms with Crippen LogP contribution in [0.25, 0.3) is 0 Å². The van der Waals surface area contributed by atoms with E-state index in [1.165, 1.54) is 6.33 Å². The first-order chi connectivity index (χ1) is 8.28. The highest BCUT2D eigenvalue weighted by Crippen LogP contribution is 2.13. The molecule has 0 aromatic carbocycles. The average Bonchev–Trinajstić information content (AvgIpc) is 2.79. The lowest BCUT2D eigenvalue weighted by atomic mass is 10.3. The number of hydrogen-bond donors (Lipinski definition) is 2. The minimum Gasteiger partial charge on any atom is -0.363 e. The molecule has 2 heterocycles. The van der Waals surface area contributed by atoms with E-state index in [1.54, 1.807) is 0 Å². The van der Waals surface area contributed by atoms with E-state index in [-0.39, 0.29) is 0 Å². The zero-order chi connectivity index (χ0) is 12.1. The van der Waals surface area contributed by atoms with Gasteiger partial charge in [0.05, 0.1) is 6.54 Å². The Morgan fingerprint density at radius 2 is 2.29 bits per heavy atom. The third-order valence-electron chi connectivity index (χ3n) is 2.12. The van der Waals surface area contributed by atoms with Crippen LogP contribution in [-0.4, -0.2) is 25.1 Å². The van der Waals surface area contributed by atoms with Crippen molar-refractivity contribution in [2.45, 2.75) is 26.3 Å². The molecule has 2 rings (SSSR count). The number of aromatic amines is 1. The van der Waals surface area contributed by atoms with Crippen LogP contribution in [0.15, 0.2) is 17.0 Å². The molecule has 17 heavy (non-hydrogen) atoms. The Morgan fingerprint density at radius 1 is 1.41 bits per heavy atom. The van der Waals surface area contributed by atoms with Crippen molar-refractivity contribution < 1.29 is 0 Å². The van der Waals surface area contributed by atoms with Gasteiger partial charge in [-0.1, -0.05) is 6.92 Å². The van der Waals surface area contributed by atoms with Gasteiger partial charge in [0.15, 0.2) is 0 Å². The third-order valence-corrected chi connectivity index (χ3v) is 2.52. The number of nitrogens with one attached hydrogen (secondary N) is 2. The maximum absolute atomic E-state index is 4.41. The van der Waals surface area contributed by atoms with E-state index < -0.39 is 0 Å². The van der Waals surface area contributed by atoms with Gasteiger partial charge in [-0.2, -0.15) is 5.10 Å². The minimum absolute atomic E-state index is 0.565. The zero-order valence-corrected chi connectivity index (χ0v) is 11.0. The fourth-order valence-corrected chi connectivity index (χ4v) is 1.80. The van der Waals surface area contributed by atoms with Crippen LogP contribution in [-0.2, 0) is 13.0 Å². The molecule has 0 fully saturated rings. The molecule has 0 unspecified atom stereocenters. The SMILES string of the molecule is CCCc1nc(Br)cc(NCc2ncn[nH]2)n1. The van der Waals surface area contributed by atoms with Gasteiger partial charge in [0.1, 0.15) is 28.4 Å². The van der Waals surface area contributed by atoms with E-state index >= 15 is 0 Å². The zero-order valence-electron chi connectivity index (χ0n) is 9.44. The number of halogens is 1. The Labute approximate surface area is 107 Å². The second-order valence-electron chi connectivity index (χ2n) is 3.53. The van der Waals surface area contributed by atoms with Gasteiger partial charge in [0.2, 0.25) is 0 Å². The van der Waals surface area contributed by atoms with Gasteiger partial charge in [-0.05, 0) is 22.4 Å². The highest BCUT2D eigenvalue weighted by atomic mass is 79.9. The fourth-order valence-electron chi connectivity index (χ4n) is 1.38. The first kappa shape index (κ1) is 12.0. The molecule has 0 aliphatic heterocycles. The monoisotopic (exact) mass is 296 g/mol. The van der Waals surface area contributed by atoms with Gasteiger partial charge in [-0.25, -0.2) is 15.0 Å². The van der Waals surface area contributed by atoms with E-state index in [0.29, 0.717) is 6.54 Å². The summed E-state index contributed by atoms with van der Waals surface area (Å²) in [6.07, 6.45) is 3.38. The fraction of sp³-hybridized carbons (Fsp3) is 0.400. The topological polar surface area (TPSA) is 79.4 Å². The molecule has 0 saturated heterocycles. The summed E-state index contributed by atoms with van der Waals surface area (Å²) < 4.78 is 0.788. The molecule has 6 nitrogen and oxygen atoms in total. The standard InChI is InChI=1S/C10H13BrN6/c1-2-3-8-15-7(11)4-9(16-8)12-5-10-13-6-14-17-10/h4,6H,2-3,5H2,1H3,(H,12,15,16)(H,13,14,17). The highest BCUT2D eigenvalue weighted by molar-refractivity contribution is 9.10. The van der Waals surface area contributed by atoms with Crippen molar-refractivity contribution in [3.63, 3.8) is 0 Å². The molecule has 0 radical (unpaired) electrons. The van der Waals surface area contributed by atoms with Crippen LogP contribution in [0, 0.1) is 0 Å². The van der Waals surface area contributed by atoms with E-state index in [1.807, 2.05) is 6.07 Å². The molecule has 0 saturated carbocycles. The molecule has 0 aliphatic rings. The van der Waals surface area contributed by atoms with Crippen molar-refractivity contribution in [2.24, 2.45) is 0 Å². The Hall–Kier alpha value is -1.50. The number of aryl methyl sites for hydroxylation is 1. The smallest absolute Gasteiger partial charge is 0.143 e. The van der Waals surface area contributed by atoms with E-state index in [9.17, 15) is 0 Å². The molecule has 90 valence electrons. The normalized spacial score (nSPS) is 10.5. The van der Waals surface area contributed by atoms with Crippen LogP contribution in [0.4, 0.5) is 5.82 Å². The number of rotatable bonds is 5. The van der Waals surface area contributed by atoms with Crippen LogP contribution in [0.3, 0.4) is 0 Å². The van der Waals surface area contributed by atoms with Crippen molar-refractivity contribution in [3.05, 3.63) is 28.6 Å². The van der Waals surface area contributed by atoms with Crippen molar-refractivity contribution >= 4 is 21.7 Å². The Bertz CT molecular complexity index is 470. The van der Waals surface area contributed by atoms with Crippen LogP contribution >= 0.6 is 15.9 Å². The molecule has 0 atom stereocenters. The molecule has 0 aliphatic carbocycles. The second-order valence-corrected chi connectivity index (χ2v) is 4.34. The Balaban J connectivity index is 2.04. The number of hydrogen-bond acceptors (Lipinski definition) is 5. The summed E-state index contributed by atoms with van der Waals surface area (Å²) in [4.78, 5) is 12.7. The van der Waals surface area contributed by atoms with Crippen molar-refractivity contribution in [3.8, 4) is 0 Å². The summed E-state index contributed by atoms with van der Waals surface area (Å²) in [5.74, 6) is 2.39. The summed E-state index contributed by atoms with van der Waals surface area (Å²) in [6, 6.07) is 1.84. The van der Waals surface area contributed by atoms with Gasteiger partial charge in [0.25, 0.3) is 0 Å². The molecule has 7 heteroatoms. The molecular formula is C10H13BrN6. The predicted molar refractivity (Wildman–Crippen MR) is 67.4 cm³/mol. The third kappa shape index (κ3) is 3.48. The molecule has 0 bridgehead atoms. The molecule has 0 amide bonds. The molecular weight excluding hydrogens is 284 g/mol. The average molecular weight is 297 g/mol. The number of nitrogens with zero attached hydrogens (tertiary/aromatic N) is 4. The summed E-state index contributed by atoms with van der Waals surface area (Å²) >= 11 is 3.37. The molecule has 2 aromatic rings. The Kier molecular flexibility index (Phi) is 4.03. The van der Waals surface area contributed by atoms with Gasteiger partial charge >= 0.3 is 0 Å². The second kappa shape index (κ2) is 5.72. The predicted octanol–water partition coefficient (Wildman–Crippen LogP) is 1.92. The largest absolute Gasteiger partial charge is 0.363 e. The molecule has 0 spiro atoms. The minimum atomic E-state index is 0.565. The Morgan fingerprint density at radius 3 is 3.00 bits per heavy atom. The van der Waals surface area contributed by atoms with Crippen LogP contribution in [0.2, 0.25) is 0 Å². The van der Waals surface area contributed by atoms with Crippen LogP contribution in [0.1, 0.15) is 25.0 Å². The number of anilines is 1. The quantitative estimate of drug-likeness (QED) is 0.824. The first-order valence-corrected chi connectivity index (χ1v) is 6.19. The lowest BCUT2D eigenvalue weighted by Crippen LogP contribution is -2.06. The number of H-pyrrole nitrogens is 1. The van der Waals surface area contributed by atoms with Crippen LogP contribution < -0.4 is 5.32 Å². The molecule has 2 aromatic heterocycles. The maximum atomic E-state index is 4.41. The van der Waals surface area contributed by atoms with Crippen molar-refractivity contribution in [2.75, 3.05) is 5.32 Å².